The van der Waals surface area contributed by atoms with E-state index in [1.165, 1.54) is 44.3 Å². The Morgan fingerprint density at radius 2 is 2.10 bits per heavy atom. The number of aromatic nitrogens is 1. The number of amides is 1. The van der Waals surface area contributed by atoms with Gasteiger partial charge in [-0.25, -0.2) is 9.18 Å². The molecule has 0 saturated carbocycles. The van der Waals surface area contributed by atoms with Gasteiger partial charge >= 0.3 is 5.97 Å². The summed E-state index contributed by atoms with van der Waals surface area (Å²) in [5.41, 5.74) is 5.85. The van der Waals surface area contributed by atoms with Crippen LogP contribution in [0.5, 0.6) is 0 Å². The van der Waals surface area contributed by atoms with E-state index in [9.17, 15) is 24.0 Å². The van der Waals surface area contributed by atoms with Crippen LogP contribution in [0.2, 0.25) is 0 Å². The second-order valence-electron chi connectivity index (χ2n) is 6.59. The lowest BCUT2D eigenvalue weighted by Crippen LogP contribution is -2.41. The molecular weight excluding hydrogens is 411 g/mol. The number of thiazole rings is 1. The van der Waals surface area contributed by atoms with Crippen molar-refractivity contribution in [3.63, 3.8) is 0 Å². The molecule has 0 unspecified atom stereocenters. The van der Waals surface area contributed by atoms with Crippen LogP contribution in [0.25, 0.3) is 17.5 Å². The van der Waals surface area contributed by atoms with Crippen molar-refractivity contribution in [2.75, 3.05) is 21.2 Å². The first-order valence-corrected chi connectivity index (χ1v) is 9.45. The van der Waals surface area contributed by atoms with E-state index in [0.29, 0.717) is 5.56 Å². The number of carbonyl (C=O) groups excluding carboxylic acids is 2. The predicted octanol–water partition coefficient (Wildman–Crippen LogP) is -0.310. The second kappa shape index (κ2) is 7.96. The van der Waals surface area contributed by atoms with Gasteiger partial charge in [0.25, 0.3) is 11.5 Å². The maximum absolute atomic E-state index is 13.9. The molecule has 0 aliphatic carbocycles. The van der Waals surface area contributed by atoms with E-state index in [-0.39, 0.29) is 26.2 Å². The molecule has 0 fully saturated rings. The number of hydrogen-bond donors (Lipinski definition) is 1. The van der Waals surface area contributed by atoms with Crippen molar-refractivity contribution < 1.29 is 18.7 Å². The van der Waals surface area contributed by atoms with Crippen molar-refractivity contribution in [1.82, 2.24) is 9.47 Å². The van der Waals surface area contributed by atoms with Crippen molar-refractivity contribution in [2.45, 2.75) is 5.92 Å². The number of hydrogen-bond acceptors (Lipinski definition) is 7. The zero-order valence-electron chi connectivity index (χ0n) is 16.3. The fraction of sp³-hybridized carbons (Fsp3) is 0.200. The van der Waals surface area contributed by atoms with Gasteiger partial charge < -0.3 is 15.4 Å². The monoisotopic (exact) mass is 428 g/mol. The number of methoxy groups -OCH3 is 1. The smallest absolute Gasteiger partial charge is 0.332 e. The van der Waals surface area contributed by atoms with E-state index in [1.54, 1.807) is 6.07 Å². The van der Waals surface area contributed by atoms with Gasteiger partial charge in [-0.15, -0.1) is 11.3 Å². The van der Waals surface area contributed by atoms with Crippen LogP contribution in [0.4, 0.5) is 4.39 Å². The van der Waals surface area contributed by atoms with E-state index < -0.39 is 29.2 Å². The van der Waals surface area contributed by atoms with Crippen LogP contribution in [-0.4, -0.2) is 42.5 Å². The molecule has 154 valence electrons. The number of rotatable bonds is 3. The van der Waals surface area contributed by atoms with Gasteiger partial charge in [0.15, 0.2) is 0 Å². The highest BCUT2D eigenvalue weighted by atomic mass is 32.1. The molecule has 10 heteroatoms. The molecule has 8 nitrogen and oxygen atoms in total. The molecule has 1 aliphatic rings. The Morgan fingerprint density at radius 3 is 2.67 bits per heavy atom. The molecule has 0 saturated heterocycles. The Bertz CT molecular complexity index is 1310. The summed E-state index contributed by atoms with van der Waals surface area (Å²) >= 11 is 0.871. The van der Waals surface area contributed by atoms with E-state index in [4.69, 9.17) is 5.73 Å². The summed E-state index contributed by atoms with van der Waals surface area (Å²) in [6.07, 6.45) is 0.993. The minimum Gasteiger partial charge on any atom is -0.466 e. The van der Waals surface area contributed by atoms with E-state index in [1.807, 2.05) is 6.07 Å². The third-order valence-electron chi connectivity index (χ3n) is 4.54. The number of nitrogens with zero attached hydrogens (tertiary/aromatic N) is 3. The highest BCUT2D eigenvalue weighted by molar-refractivity contribution is 7.07. The van der Waals surface area contributed by atoms with Crippen molar-refractivity contribution in [3.05, 3.63) is 60.8 Å². The quantitative estimate of drug-likeness (QED) is 0.670. The predicted molar refractivity (Wildman–Crippen MR) is 109 cm³/mol. The summed E-state index contributed by atoms with van der Waals surface area (Å²) in [6.45, 7) is 0. The average Bonchev–Trinajstić information content (AvgIpc) is 3.03. The largest absolute Gasteiger partial charge is 0.466 e. The molecule has 0 bridgehead atoms. The maximum atomic E-state index is 13.9. The topological polar surface area (TPSA) is 118 Å². The number of nitriles is 1. The number of ether oxygens (including phenoxy) is 1. The zero-order chi connectivity index (χ0) is 22.2. The summed E-state index contributed by atoms with van der Waals surface area (Å²) < 4.78 is 19.7. The van der Waals surface area contributed by atoms with Crippen molar-refractivity contribution in [3.8, 4) is 6.07 Å². The molecule has 30 heavy (non-hydrogen) atoms. The Labute approximate surface area is 174 Å². The van der Waals surface area contributed by atoms with Crippen LogP contribution >= 0.6 is 11.3 Å². The lowest BCUT2D eigenvalue weighted by molar-refractivity contribution is -0.133. The van der Waals surface area contributed by atoms with E-state index in [0.717, 1.165) is 22.0 Å². The van der Waals surface area contributed by atoms with Gasteiger partial charge in [0.1, 0.15) is 20.8 Å². The third kappa shape index (κ3) is 3.40. The molecule has 1 aromatic carbocycles. The molecule has 1 aromatic heterocycles. The highest BCUT2D eigenvalue weighted by Crippen LogP contribution is 2.36. The fourth-order valence-corrected chi connectivity index (χ4v) is 4.31. The van der Waals surface area contributed by atoms with Gasteiger partial charge in [0.2, 0.25) is 0 Å². The molecule has 3 rings (SSSR count). The van der Waals surface area contributed by atoms with Gasteiger partial charge in [0, 0.05) is 20.2 Å². The summed E-state index contributed by atoms with van der Waals surface area (Å²) in [7, 11) is 4.20. The summed E-state index contributed by atoms with van der Waals surface area (Å²) in [4.78, 5) is 38.9. The van der Waals surface area contributed by atoms with Crippen molar-refractivity contribution in [2.24, 2.45) is 5.73 Å². The first-order valence-electron chi connectivity index (χ1n) is 8.64. The summed E-state index contributed by atoms with van der Waals surface area (Å²) in [5.74, 6) is -2.94. The van der Waals surface area contributed by atoms with Gasteiger partial charge in [0.05, 0.1) is 30.2 Å². The molecule has 0 spiro atoms. The number of allylic oxidation sites excluding steroid dienone is 1. The number of carbonyl (C=O) groups is 2. The van der Waals surface area contributed by atoms with E-state index in [2.05, 4.69) is 4.74 Å². The minimum atomic E-state index is -0.982. The molecule has 1 atom stereocenters. The zero-order valence-corrected chi connectivity index (χ0v) is 17.1. The number of fused-ring (bicyclic) bond motifs is 1. The SMILES string of the molecule is COC(=O)/C=c1\sc2n(c1=O)C(N)=C(C#N)[C@H](c1cccc(F)c1)C=2C(=O)N(C)C. The molecule has 1 amide bonds. The lowest BCUT2D eigenvalue weighted by Gasteiger charge is -2.26. The normalized spacial score (nSPS) is 16.2. The van der Waals surface area contributed by atoms with E-state index >= 15 is 0 Å². The Hall–Kier alpha value is -3.71. The van der Waals surface area contributed by atoms with Crippen LogP contribution in [0.3, 0.4) is 0 Å². The second-order valence-corrected chi connectivity index (χ2v) is 7.62. The molecule has 0 radical (unpaired) electrons. The third-order valence-corrected chi connectivity index (χ3v) is 5.65. The molecule has 1 aliphatic heterocycles. The van der Waals surface area contributed by atoms with Crippen molar-refractivity contribution >= 4 is 40.7 Å². The molecule has 2 aromatic rings. The first-order chi connectivity index (χ1) is 14.2. The molecular formula is C20H17FN4O4S. The number of benzene rings is 1. The van der Waals surface area contributed by atoms with Crippen LogP contribution < -0.4 is 20.5 Å². The molecule has 2 heterocycles. The fourth-order valence-electron chi connectivity index (χ4n) is 3.18. The van der Waals surface area contributed by atoms with Gasteiger partial charge in [-0.1, -0.05) is 12.1 Å². The van der Waals surface area contributed by atoms with Gasteiger partial charge in [-0.3, -0.25) is 14.2 Å². The Balaban J connectivity index is 2.52. The van der Waals surface area contributed by atoms with Crippen LogP contribution in [-0.2, 0) is 14.3 Å². The molecule has 2 N–H and O–H groups in total. The Morgan fingerprint density at radius 1 is 1.40 bits per heavy atom. The van der Waals surface area contributed by atoms with Gasteiger partial charge in [-0.2, -0.15) is 5.26 Å². The first kappa shape index (κ1) is 21.0. The summed E-state index contributed by atoms with van der Waals surface area (Å²) in [5, 5.41) is 9.79. The van der Waals surface area contributed by atoms with Crippen LogP contribution in [0.15, 0.2) is 34.6 Å². The Kier molecular flexibility index (Phi) is 5.58. The number of halogens is 1. The van der Waals surface area contributed by atoms with Gasteiger partial charge in [-0.05, 0) is 17.7 Å². The average molecular weight is 428 g/mol. The standard InChI is InChI=1S/C20H17FN4O4S/c1-24(2)19(28)16-15(10-5-4-6-11(21)7-10)12(9-22)17(23)25-18(27)13(30-20(16)25)8-14(26)29-3/h4-8,15H,23H2,1-3H3/b13-8-/t15-/m0/s1. The minimum absolute atomic E-state index is 0.0129. The van der Waals surface area contributed by atoms with Crippen LogP contribution in [0.1, 0.15) is 11.5 Å². The maximum Gasteiger partial charge on any atom is 0.332 e. The van der Waals surface area contributed by atoms with Crippen molar-refractivity contribution in [1.29, 1.82) is 5.26 Å². The number of nitrogens with two attached hydrogens (primary N) is 1. The van der Waals surface area contributed by atoms with Crippen LogP contribution in [0, 0.1) is 17.1 Å². The number of esters is 1. The lowest BCUT2D eigenvalue weighted by atomic mass is 9.83. The highest BCUT2D eigenvalue weighted by Gasteiger charge is 2.36. The summed E-state index contributed by atoms with van der Waals surface area (Å²) in [6, 6.07) is 7.44.